The second-order valence-corrected chi connectivity index (χ2v) is 4.65. The van der Waals surface area contributed by atoms with Gasteiger partial charge in [0.25, 0.3) is 0 Å². The Morgan fingerprint density at radius 2 is 2.42 bits per heavy atom. The van der Waals surface area contributed by atoms with Crippen LogP contribution in [0.3, 0.4) is 0 Å². The molecule has 0 bridgehead atoms. The molecule has 0 saturated heterocycles. The van der Waals surface area contributed by atoms with Crippen LogP contribution in [-0.2, 0) is 4.79 Å². The van der Waals surface area contributed by atoms with Gasteiger partial charge in [0.05, 0.1) is 5.33 Å². The summed E-state index contributed by atoms with van der Waals surface area (Å²) in [6.07, 6.45) is 5.75. The molecular formula is C8H14BrNOS. The van der Waals surface area contributed by atoms with Gasteiger partial charge in [-0.1, -0.05) is 22.4 Å². The number of halogens is 1. The van der Waals surface area contributed by atoms with E-state index >= 15 is 0 Å². The Labute approximate surface area is 86.0 Å². The van der Waals surface area contributed by atoms with Gasteiger partial charge < -0.3 is 5.32 Å². The van der Waals surface area contributed by atoms with Crippen LogP contribution in [-0.4, -0.2) is 28.8 Å². The predicted molar refractivity (Wildman–Crippen MR) is 56.9 cm³/mol. The summed E-state index contributed by atoms with van der Waals surface area (Å²) in [5.41, 5.74) is 0. The standard InChI is InChI=1S/C8H14BrNOS/c1-12-7-4-2-3-6(7)10-8(11)5-9/h6-7H,2-5H2,1H3,(H,10,11). The molecule has 1 N–H and O–H groups in total. The molecule has 1 rings (SSSR count). The van der Waals surface area contributed by atoms with Gasteiger partial charge in [0, 0.05) is 11.3 Å². The van der Waals surface area contributed by atoms with Crippen molar-refractivity contribution in [1.82, 2.24) is 5.32 Å². The summed E-state index contributed by atoms with van der Waals surface area (Å²) in [5.74, 6) is 0.112. The zero-order valence-corrected chi connectivity index (χ0v) is 9.58. The van der Waals surface area contributed by atoms with Gasteiger partial charge in [0.2, 0.25) is 5.91 Å². The molecule has 70 valence electrons. The summed E-state index contributed by atoms with van der Waals surface area (Å²) >= 11 is 5.01. The highest BCUT2D eigenvalue weighted by atomic mass is 79.9. The van der Waals surface area contributed by atoms with Crippen LogP contribution in [0.4, 0.5) is 0 Å². The van der Waals surface area contributed by atoms with E-state index in [2.05, 4.69) is 27.5 Å². The van der Waals surface area contributed by atoms with Crippen molar-refractivity contribution in [2.24, 2.45) is 0 Å². The molecule has 0 aromatic rings. The first-order chi connectivity index (χ1) is 5.77. The lowest BCUT2D eigenvalue weighted by Gasteiger charge is -2.18. The molecule has 0 aromatic carbocycles. The van der Waals surface area contributed by atoms with E-state index in [1.54, 1.807) is 0 Å². The fourth-order valence-electron chi connectivity index (χ4n) is 1.62. The fourth-order valence-corrected chi connectivity index (χ4v) is 2.72. The number of nitrogens with one attached hydrogen (secondary N) is 1. The lowest BCUT2D eigenvalue weighted by atomic mass is 10.2. The van der Waals surface area contributed by atoms with Gasteiger partial charge in [0.1, 0.15) is 0 Å². The Balaban J connectivity index is 2.35. The first-order valence-electron chi connectivity index (χ1n) is 4.16. The van der Waals surface area contributed by atoms with Crippen molar-refractivity contribution < 1.29 is 4.79 Å². The quantitative estimate of drug-likeness (QED) is 0.776. The van der Waals surface area contributed by atoms with Gasteiger partial charge in [-0.05, 0) is 19.1 Å². The highest BCUT2D eigenvalue weighted by Crippen LogP contribution is 2.28. The van der Waals surface area contributed by atoms with Gasteiger partial charge in [-0.2, -0.15) is 11.8 Å². The Kier molecular flexibility index (Phi) is 4.43. The first kappa shape index (κ1) is 10.4. The Hall–Kier alpha value is 0.300. The van der Waals surface area contributed by atoms with Crippen LogP contribution in [0.1, 0.15) is 19.3 Å². The van der Waals surface area contributed by atoms with E-state index in [4.69, 9.17) is 0 Å². The SMILES string of the molecule is CSC1CCCC1NC(=O)CBr. The van der Waals surface area contributed by atoms with E-state index in [9.17, 15) is 4.79 Å². The summed E-state index contributed by atoms with van der Waals surface area (Å²) < 4.78 is 0. The van der Waals surface area contributed by atoms with Gasteiger partial charge in [-0.15, -0.1) is 0 Å². The van der Waals surface area contributed by atoms with E-state index in [1.807, 2.05) is 11.8 Å². The summed E-state index contributed by atoms with van der Waals surface area (Å²) in [6, 6.07) is 0.407. The minimum atomic E-state index is 0.112. The maximum Gasteiger partial charge on any atom is 0.230 e. The lowest BCUT2D eigenvalue weighted by Crippen LogP contribution is -2.39. The van der Waals surface area contributed by atoms with Gasteiger partial charge >= 0.3 is 0 Å². The monoisotopic (exact) mass is 251 g/mol. The second kappa shape index (κ2) is 5.12. The average Bonchev–Trinajstić information content (AvgIpc) is 2.51. The van der Waals surface area contributed by atoms with Crippen LogP contribution < -0.4 is 5.32 Å². The normalized spacial score (nSPS) is 28.8. The second-order valence-electron chi connectivity index (χ2n) is 3.01. The van der Waals surface area contributed by atoms with Crippen LogP contribution in [0.15, 0.2) is 0 Å². The number of rotatable bonds is 3. The number of thioether (sulfide) groups is 1. The molecule has 0 aliphatic heterocycles. The maximum atomic E-state index is 11.1. The summed E-state index contributed by atoms with van der Waals surface area (Å²) in [5, 5.41) is 4.08. The van der Waals surface area contributed by atoms with E-state index < -0.39 is 0 Å². The van der Waals surface area contributed by atoms with Gasteiger partial charge in [0.15, 0.2) is 0 Å². The van der Waals surface area contributed by atoms with E-state index in [0.717, 1.165) is 6.42 Å². The molecule has 0 spiro atoms. The number of carbonyl (C=O) groups excluding carboxylic acids is 1. The zero-order chi connectivity index (χ0) is 8.97. The molecule has 1 aliphatic carbocycles. The zero-order valence-electron chi connectivity index (χ0n) is 7.18. The molecule has 0 radical (unpaired) electrons. The predicted octanol–water partition coefficient (Wildman–Crippen LogP) is 1.78. The van der Waals surface area contributed by atoms with Crippen molar-refractivity contribution in [2.75, 3.05) is 11.6 Å². The molecule has 0 aromatic heterocycles. The summed E-state index contributed by atoms with van der Waals surface area (Å²) in [7, 11) is 0. The van der Waals surface area contributed by atoms with Crippen LogP contribution in [0.2, 0.25) is 0 Å². The smallest absolute Gasteiger partial charge is 0.230 e. The molecule has 2 atom stereocenters. The minimum absolute atomic E-state index is 0.112. The van der Waals surface area contributed by atoms with Crippen LogP contribution >= 0.6 is 27.7 Å². The topological polar surface area (TPSA) is 29.1 Å². The number of alkyl halides is 1. The summed E-state index contributed by atoms with van der Waals surface area (Å²) in [4.78, 5) is 11.1. The first-order valence-corrected chi connectivity index (χ1v) is 6.57. The Morgan fingerprint density at radius 3 is 3.00 bits per heavy atom. The van der Waals surface area contributed by atoms with Crippen molar-refractivity contribution >= 4 is 33.6 Å². The van der Waals surface area contributed by atoms with E-state index in [1.165, 1.54) is 12.8 Å². The largest absolute Gasteiger partial charge is 0.352 e. The Morgan fingerprint density at radius 1 is 1.67 bits per heavy atom. The molecule has 1 fully saturated rings. The average molecular weight is 252 g/mol. The maximum absolute atomic E-state index is 11.1. The number of hydrogen-bond acceptors (Lipinski definition) is 2. The molecule has 0 heterocycles. The molecule has 2 nitrogen and oxygen atoms in total. The highest BCUT2D eigenvalue weighted by molar-refractivity contribution is 9.09. The highest BCUT2D eigenvalue weighted by Gasteiger charge is 2.27. The van der Waals surface area contributed by atoms with Crippen LogP contribution in [0.5, 0.6) is 0 Å². The van der Waals surface area contributed by atoms with Crippen LogP contribution in [0.25, 0.3) is 0 Å². The number of amides is 1. The summed E-state index contributed by atoms with van der Waals surface area (Å²) in [6.45, 7) is 0. The third-order valence-electron chi connectivity index (χ3n) is 2.22. The van der Waals surface area contributed by atoms with Gasteiger partial charge in [-0.3, -0.25) is 4.79 Å². The molecule has 1 amide bonds. The van der Waals surface area contributed by atoms with E-state index in [-0.39, 0.29) is 5.91 Å². The van der Waals surface area contributed by atoms with Crippen molar-refractivity contribution in [3.05, 3.63) is 0 Å². The molecule has 12 heavy (non-hydrogen) atoms. The van der Waals surface area contributed by atoms with Crippen LogP contribution in [0, 0.1) is 0 Å². The van der Waals surface area contributed by atoms with Crippen molar-refractivity contribution in [3.63, 3.8) is 0 Å². The third-order valence-corrected chi connectivity index (χ3v) is 3.90. The lowest BCUT2D eigenvalue weighted by molar-refractivity contribution is -0.119. The van der Waals surface area contributed by atoms with E-state index in [0.29, 0.717) is 16.6 Å². The van der Waals surface area contributed by atoms with Crippen molar-refractivity contribution in [1.29, 1.82) is 0 Å². The third kappa shape index (κ3) is 2.66. The molecule has 4 heteroatoms. The molecule has 1 aliphatic rings. The fraction of sp³-hybridized carbons (Fsp3) is 0.875. The number of carbonyl (C=O) groups is 1. The number of hydrogen-bond donors (Lipinski definition) is 1. The van der Waals surface area contributed by atoms with Crippen molar-refractivity contribution in [3.8, 4) is 0 Å². The molecular weight excluding hydrogens is 238 g/mol. The van der Waals surface area contributed by atoms with Gasteiger partial charge in [-0.25, -0.2) is 0 Å². The Bertz CT molecular complexity index is 165. The van der Waals surface area contributed by atoms with Crippen molar-refractivity contribution in [2.45, 2.75) is 30.6 Å². The molecule has 1 saturated carbocycles. The molecule has 2 unspecified atom stereocenters. The minimum Gasteiger partial charge on any atom is -0.352 e.